The molecule has 3 aromatic rings. The summed E-state index contributed by atoms with van der Waals surface area (Å²) in [6.45, 7) is 0.565. The number of ketones is 1. The van der Waals surface area contributed by atoms with E-state index in [4.69, 9.17) is 11.6 Å². The van der Waals surface area contributed by atoms with Crippen LogP contribution in [0.2, 0.25) is 5.15 Å². The van der Waals surface area contributed by atoms with Gasteiger partial charge in [-0.25, -0.2) is 9.50 Å². The van der Waals surface area contributed by atoms with Gasteiger partial charge in [0.25, 0.3) is 5.91 Å². The monoisotopic (exact) mass is 481 g/mol. The van der Waals surface area contributed by atoms with E-state index in [0.717, 1.165) is 38.4 Å². The number of nitrogens with one attached hydrogen (secondary N) is 1. The zero-order valence-electron chi connectivity index (χ0n) is 18.4. The summed E-state index contributed by atoms with van der Waals surface area (Å²) in [5.41, 5.74) is 1.22. The Bertz CT molecular complexity index is 1290. The highest BCUT2D eigenvalue weighted by Crippen LogP contribution is 2.40. The van der Waals surface area contributed by atoms with Gasteiger partial charge in [0, 0.05) is 43.2 Å². The van der Waals surface area contributed by atoms with Crippen LogP contribution >= 0.6 is 11.6 Å². The van der Waals surface area contributed by atoms with Gasteiger partial charge in [0.15, 0.2) is 16.6 Å². The molecule has 2 aliphatic carbocycles. The molecule has 2 bridgehead atoms. The number of carbonyl (C=O) groups is 3. The van der Waals surface area contributed by atoms with Crippen LogP contribution in [0, 0.1) is 11.8 Å². The molecular weight excluding hydrogens is 458 g/mol. The first kappa shape index (κ1) is 21.3. The van der Waals surface area contributed by atoms with Crippen LogP contribution in [0.4, 0.5) is 11.5 Å². The van der Waals surface area contributed by atoms with Gasteiger partial charge in [0.05, 0.1) is 17.9 Å². The Morgan fingerprint density at radius 3 is 2.71 bits per heavy atom. The van der Waals surface area contributed by atoms with Crippen molar-refractivity contribution < 1.29 is 14.4 Å². The van der Waals surface area contributed by atoms with Gasteiger partial charge >= 0.3 is 0 Å². The van der Waals surface area contributed by atoms with E-state index in [1.807, 2.05) is 0 Å². The minimum atomic E-state index is -0.371. The lowest BCUT2D eigenvalue weighted by molar-refractivity contribution is -0.121. The molecule has 1 saturated heterocycles. The number of nitrogens with zero attached hydrogens (tertiary/aromatic N) is 6. The lowest BCUT2D eigenvalue weighted by Crippen LogP contribution is -2.37. The first-order valence-electron chi connectivity index (χ1n) is 11.7. The molecular formula is C23H24ClN7O3. The molecule has 3 fully saturated rings. The molecule has 0 radical (unpaired) electrons. The maximum atomic E-state index is 13.5. The Morgan fingerprint density at radius 1 is 1.18 bits per heavy atom. The highest BCUT2D eigenvalue weighted by atomic mass is 35.5. The van der Waals surface area contributed by atoms with Gasteiger partial charge in [-0.2, -0.15) is 5.10 Å². The fourth-order valence-electron chi connectivity index (χ4n) is 5.61. The molecule has 2 saturated carbocycles. The summed E-state index contributed by atoms with van der Waals surface area (Å²) in [7, 11) is 0. The first-order valence-corrected chi connectivity index (χ1v) is 12.0. The molecule has 0 unspecified atom stereocenters. The van der Waals surface area contributed by atoms with Gasteiger partial charge in [0.1, 0.15) is 17.6 Å². The average molecular weight is 482 g/mol. The molecule has 0 spiro atoms. The summed E-state index contributed by atoms with van der Waals surface area (Å²) in [6, 6.07) is 1.96. The number of Topliss-reactive ketones (excluding diaryl/α,β-unsaturated/α-hetero) is 1. The molecule has 4 heterocycles. The van der Waals surface area contributed by atoms with Crippen molar-refractivity contribution in [1.82, 2.24) is 24.4 Å². The van der Waals surface area contributed by atoms with Crippen molar-refractivity contribution in [3.8, 4) is 0 Å². The molecule has 10 nitrogen and oxygen atoms in total. The van der Waals surface area contributed by atoms with Crippen LogP contribution in [0.1, 0.15) is 54.9 Å². The Kier molecular flexibility index (Phi) is 5.13. The van der Waals surface area contributed by atoms with Crippen molar-refractivity contribution in [1.29, 1.82) is 0 Å². The smallest absolute Gasteiger partial charge is 0.263 e. The minimum absolute atomic E-state index is 0.000615. The average Bonchev–Trinajstić information content (AvgIpc) is 3.61. The van der Waals surface area contributed by atoms with E-state index in [1.54, 1.807) is 33.9 Å². The Morgan fingerprint density at radius 2 is 2.00 bits per heavy atom. The number of piperidine rings is 1. The second kappa shape index (κ2) is 8.19. The van der Waals surface area contributed by atoms with Gasteiger partial charge in [-0.1, -0.05) is 11.6 Å². The summed E-state index contributed by atoms with van der Waals surface area (Å²) in [5.74, 6) is 0.561. The third-order valence-electron chi connectivity index (χ3n) is 7.43. The summed E-state index contributed by atoms with van der Waals surface area (Å²) in [4.78, 5) is 43.1. The zero-order chi connectivity index (χ0) is 23.4. The van der Waals surface area contributed by atoms with E-state index in [9.17, 15) is 14.4 Å². The van der Waals surface area contributed by atoms with E-state index < -0.39 is 0 Å². The van der Waals surface area contributed by atoms with Crippen LogP contribution in [0.5, 0.6) is 0 Å². The number of fused-ring (bicyclic) bond motifs is 3. The van der Waals surface area contributed by atoms with E-state index >= 15 is 0 Å². The quantitative estimate of drug-likeness (QED) is 0.557. The predicted molar refractivity (Wildman–Crippen MR) is 124 cm³/mol. The molecule has 176 valence electrons. The van der Waals surface area contributed by atoms with Crippen molar-refractivity contribution >= 4 is 46.7 Å². The number of carbonyl (C=O) groups excluding carboxylic acids is 3. The third-order valence-corrected chi connectivity index (χ3v) is 7.70. The van der Waals surface area contributed by atoms with E-state index in [-0.39, 0.29) is 40.8 Å². The van der Waals surface area contributed by atoms with Crippen LogP contribution in [-0.2, 0) is 9.59 Å². The summed E-state index contributed by atoms with van der Waals surface area (Å²) in [5, 5.41) is 12.2. The standard InChI is InChI=1S/C23H24ClN7O3/c24-20-17(11-31(27-20)15-4-2-13(12-32)3-5-15)26-23(34)19-21-25-6-1-7-30(21)28-22(19)29-10-14-8-16(29)9-18(14)33/h1,6-7,11-16H,2-5,8-10H2,(H,26,34)/t13?,14-,15?,16-/m1/s1. The molecule has 1 aliphatic heterocycles. The molecule has 2 atom stereocenters. The number of hydrogen-bond donors (Lipinski definition) is 1. The number of halogens is 1. The van der Waals surface area contributed by atoms with Crippen LogP contribution in [0.25, 0.3) is 5.65 Å². The van der Waals surface area contributed by atoms with Crippen molar-refractivity contribution in [2.75, 3.05) is 16.8 Å². The van der Waals surface area contributed by atoms with E-state index in [2.05, 4.69) is 25.4 Å². The molecule has 11 heteroatoms. The largest absolute Gasteiger partial charge is 0.350 e. The van der Waals surface area contributed by atoms with Crippen molar-refractivity contribution in [2.24, 2.45) is 11.8 Å². The van der Waals surface area contributed by atoms with Gasteiger partial charge in [0.2, 0.25) is 0 Å². The zero-order valence-corrected chi connectivity index (χ0v) is 19.2. The van der Waals surface area contributed by atoms with Crippen LogP contribution in [-0.4, -0.2) is 54.9 Å². The molecule has 0 aromatic carbocycles. The molecule has 3 aliphatic rings. The lowest BCUT2D eigenvalue weighted by Gasteiger charge is -2.26. The van der Waals surface area contributed by atoms with E-state index in [1.165, 1.54) is 0 Å². The molecule has 3 aromatic heterocycles. The Balaban J connectivity index is 1.28. The second-order valence-electron chi connectivity index (χ2n) is 9.47. The topological polar surface area (TPSA) is 114 Å². The highest BCUT2D eigenvalue weighted by Gasteiger charge is 2.46. The van der Waals surface area contributed by atoms with Gasteiger partial charge in [-0.05, 0) is 38.2 Å². The minimum Gasteiger partial charge on any atom is -0.350 e. The van der Waals surface area contributed by atoms with Gasteiger partial charge in [-0.3, -0.25) is 14.3 Å². The predicted octanol–water partition coefficient (Wildman–Crippen LogP) is 2.93. The number of rotatable bonds is 5. The molecule has 1 N–H and O–H groups in total. The second-order valence-corrected chi connectivity index (χ2v) is 9.83. The summed E-state index contributed by atoms with van der Waals surface area (Å²) < 4.78 is 3.38. The third kappa shape index (κ3) is 3.48. The number of hydrogen-bond acceptors (Lipinski definition) is 7. The van der Waals surface area contributed by atoms with Crippen LogP contribution < -0.4 is 10.2 Å². The summed E-state index contributed by atoms with van der Waals surface area (Å²) >= 11 is 6.39. The maximum Gasteiger partial charge on any atom is 0.263 e. The number of aromatic nitrogens is 5. The van der Waals surface area contributed by atoms with Crippen molar-refractivity contribution in [2.45, 2.75) is 50.6 Å². The Labute approximate surface area is 200 Å². The number of anilines is 2. The highest BCUT2D eigenvalue weighted by molar-refractivity contribution is 6.32. The van der Waals surface area contributed by atoms with Crippen LogP contribution in [0.3, 0.4) is 0 Å². The van der Waals surface area contributed by atoms with Crippen molar-refractivity contribution in [3.63, 3.8) is 0 Å². The lowest BCUT2D eigenvalue weighted by atomic mass is 9.87. The summed E-state index contributed by atoms with van der Waals surface area (Å²) in [6.07, 6.45) is 10.8. The number of amides is 1. The van der Waals surface area contributed by atoms with E-state index in [0.29, 0.717) is 35.7 Å². The fraction of sp³-hybridized carbons (Fsp3) is 0.478. The molecule has 6 rings (SSSR count). The Hall–Kier alpha value is -3.27. The van der Waals surface area contributed by atoms with Gasteiger partial charge in [-0.15, -0.1) is 5.10 Å². The SMILES string of the molecule is O=CC1CCC(n2cc(NC(=O)c3c(N4C[C@H]5C[C@@H]4CC5=O)nn4cccnc34)c(Cl)n2)CC1. The van der Waals surface area contributed by atoms with Crippen molar-refractivity contribution in [3.05, 3.63) is 35.4 Å². The van der Waals surface area contributed by atoms with Crippen LogP contribution in [0.15, 0.2) is 24.7 Å². The molecule has 1 amide bonds. The molecule has 34 heavy (non-hydrogen) atoms. The van der Waals surface area contributed by atoms with Gasteiger partial charge < -0.3 is 15.0 Å². The number of aldehydes is 1. The maximum absolute atomic E-state index is 13.5. The fourth-order valence-corrected chi connectivity index (χ4v) is 5.79. The normalized spacial score (nSPS) is 26.4. The first-order chi connectivity index (χ1) is 16.5.